The van der Waals surface area contributed by atoms with E-state index in [0.717, 1.165) is 23.5 Å². The van der Waals surface area contributed by atoms with Crippen molar-refractivity contribution < 1.29 is 0 Å². The minimum absolute atomic E-state index is 0.538. The number of hydrogen-bond acceptors (Lipinski definition) is 5. The number of nitrogens with zero attached hydrogens (tertiary/aromatic N) is 5. The van der Waals surface area contributed by atoms with Gasteiger partial charge in [0.05, 0.1) is 0 Å². The van der Waals surface area contributed by atoms with Crippen LogP contribution in [-0.2, 0) is 6.54 Å². The summed E-state index contributed by atoms with van der Waals surface area (Å²) in [5.41, 5.74) is 3.01. The molecule has 2 fully saturated rings. The summed E-state index contributed by atoms with van der Waals surface area (Å²) in [6.07, 6.45) is 8.48. The van der Waals surface area contributed by atoms with Gasteiger partial charge in [-0.25, -0.2) is 9.97 Å². The van der Waals surface area contributed by atoms with Gasteiger partial charge in [-0.15, -0.1) is 0 Å². The Morgan fingerprint density at radius 1 is 0.963 bits per heavy atom. The fourth-order valence-electron chi connectivity index (χ4n) is 4.84. The van der Waals surface area contributed by atoms with Crippen molar-refractivity contribution in [3.63, 3.8) is 0 Å². The van der Waals surface area contributed by atoms with E-state index in [-0.39, 0.29) is 0 Å². The third-order valence-electron chi connectivity index (χ3n) is 6.29. The first-order valence-electron chi connectivity index (χ1n) is 9.88. The second-order valence-electron chi connectivity index (χ2n) is 7.85. The van der Waals surface area contributed by atoms with Crippen LogP contribution in [0, 0.1) is 0 Å². The van der Waals surface area contributed by atoms with E-state index in [9.17, 15) is 0 Å². The molecule has 5 heteroatoms. The van der Waals surface area contributed by atoms with Gasteiger partial charge in [0.15, 0.2) is 5.65 Å². The summed E-state index contributed by atoms with van der Waals surface area (Å²) in [6, 6.07) is 16.9. The smallest absolute Gasteiger partial charge is 0.180 e. The molecule has 0 amide bonds. The van der Waals surface area contributed by atoms with Gasteiger partial charge in [0.1, 0.15) is 11.3 Å². The maximum absolute atomic E-state index is 4.75. The second-order valence-corrected chi connectivity index (χ2v) is 7.85. The SMILES string of the molecule is CN(c1ccc2nccnc2n1)C1CC2CCC(C1)N2Cc1ccccc1. The van der Waals surface area contributed by atoms with E-state index in [1.807, 2.05) is 6.07 Å². The molecule has 2 aliphatic heterocycles. The van der Waals surface area contributed by atoms with Crippen LogP contribution >= 0.6 is 0 Å². The van der Waals surface area contributed by atoms with E-state index in [2.05, 4.69) is 63.2 Å². The normalized spacial score (nSPS) is 25.0. The van der Waals surface area contributed by atoms with Crippen LogP contribution in [0.2, 0.25) is 0 Å². The van der Waals surface area contributed by atoms with Crippen molar-refractivity contribution in [1.29, 1.82) is 0 Å². The van der Waals surface area contributed by atoms with Gasteiger partial charge < -0.3 is 4.90 Å². The summed E-state index contributed by atoms with van der Waals surface area (Å²) in [4.78, 5) is 18.5. The summed E-state index contributed by atoms with van der Waals surface area (Å²) in [7, 11) is 2.18. The summed E-state index contributed by atoms with van der Waals surface area (Å²) >= 11 is 0. The molecule has 2 aliphatic rings. The Kier molecular flexibility index (Phi) is 4.24. The van der Waals surface area contributed by atoms with Crippen molar-refractivity contribution in [2.45, 2.75) is 50.4 Å². The van der Waals surface area contributed by atoms with Gasteiger partial charge in [-0.1, -0.05) is 30.3 Å². The van der Waals surface area contributed by atoms with Crippen molar-refractivity contribution in [3.8, 4) is 0 Å². The molecule has 2 bridgehead atoms. The van der Waals surface area contributed by atoms with Crippen molar-refractivity contribution in [3.05, 3.63) is 60.4 Å². The Labute approximate surface area is 160 Å². The molecule has 3 aromatic rings. The number of piperidine rings is 1. The van der Waals surface area contributed by atoms with Crippen molar-refractivity contribution in [2.75, 3.05) is 11.9 Å². The highest BCUT2D eigenvalue weighted by Crippen LogP contribution is 2.39. The fourth-order valence-corrected chi connectivity index (χ4v) is 4.84. The van der Waals surface area contributed by atoms with Crippen LogP contribution in [0.5, 0.6) is 0 Å². The molecule has 27 heavy (non-hydrogen) atoms. The molecule has 2 aromatic heterocycles. The van der Waals surface area contributed by atoms with Gasteiger partial charge in [0, 0.05) is 44.1 Å². The average Bonchev–Trinajstić information content (AvgIpc) is 2.95. The number of aromatic nitrogens is 3. The largest absolute Gasteiger partial charge is 0.357 e. The second kappa shape index (κ2) is 6.89. The minimum Gasteiger partial charge on any atom is -0.357 e. The van der Waals surface area contributed by atoms with Gasteiger partial charge in [-0.3, -0.25) is 9.88 Å². The fraction of sp³-hybridized carbons (Fsp3) is 0.409. The van der Waals surface area contributed by atoms with Crippen LogP contribution in [0.3, 0.4) is 0 Å². The zero-order valence-corrected chi connectivity index (χ0v) is 15.7. The third kappa shape index (κ3) is 3.16. The highest BCUT2D eigenvalue weighted by molar-refractivity contribution is 5.71. The van der Waals surface area contributed by atoms with Crippen LogP contribution in [0.15, 0.2) is 54.9 Å². The number of rotatable bonds is 4. The number of fused-ring (bicyclic) bond motifs is 3. The van der Waals surface area contributed by atoms with Crippen LogP contribution in [0.25, 0.3) is 11.2 Å². The Morgan fingerprint density at radius 3 is 2.48 bits per heavy atom. The lowest BCUT2D eigenvalue weighted by atomic mass is 9.95. The van der Waals surface area contributed by atoms with Crippen LogP contribution < -0.4 is 4.90 Å². The predicted molar refractivity (Wildman–Crippen MR) is 108 cm³/mol. The van der Waals surface area contributed by atoms with Gasteiger partial charge in [0.2, 0.25) is 0 Å². The van der Waals surface area contributed by atoms with Crippen LogP contribution in [-0.4, -0.2) is 45.0 Å². The molecular weight excluding hydrogens is 334 g/mol. The highest BCUT2D eigenvalue weighted by Gasteiger charge is 2.41. The molecule has 0 saturated carbocycles. The number of pyridine rings is 1. The molecule has 2 unspecified atom stereocenters. The predicted octanol–water partition coefficient (Wildman–Crippen LogP) is 3.66. The molecule has 0 spiro atoms. The van der Waals surface area contributed by atoms with Crippen molar-refractivity contribution in [2.24, 2.45) is 0 Å². The molecule has 4 heterocycles. The molecule has 0 N–H and O–H groups in total. The first-order chi connectivity index (χ1) is 13.3. The van der Waals surface area contributed by atoms with E-state index in [4.69, 9.17) is 4.98 Å². The molecule has 0 aliphatic carbocycles. The molecule has 2 saturated heterocycles. The average molecular weight is 359 g/mol. The lowest BCUT2D eigenvalue weighted by Gasteiger charge is -2.42. The van der Waals surface area contributed by atoms with Gasteiger partial charge in [0.25, 0.3) is 0 Å². The Hall–Kier alpha value is -2.53. The summed E-state index contributed by atoms with van der Waals surface area (Å²) in [5, 5.41) is 0. The van der Waals surface area contributed by atoms with E-state index in [1.54, 1.807) is 12.4 Å². The maximum Gasteiger partial charge on any atom is 0.180 e. The van der Waals surface area contributed by atoms with Gasteiger partial charge >= 0.3 is 0 Å². The Bertz CT molecular complexity index is 914. The van der Waals surface area contributed by atoms with E-state index in [0.29, 0.717) is 18.1 Å². The van der Waals surface area contributed by atoms with Gasteiger partial charge in [-0.05, 0) is 43.4 Å². The lowest BCUT2D eigenvalue weighted by Crippen LogP contribution is -2.49. The third-order valence-corrected chi connectivity index (χ3v) is 6.29. The van der Waals surface area contributed by atoms with E-state index >= 15 is 0 Å². The van der Waals surface area contributed by atoms with E-state index in [1.165, 1.54) is 31.2 Å². The highest BCUT2D eigenvalue weighted by atomic mass is 15.3. The molecule has 0 radical (unpaired) electrons. The Balaban J connectivity index is 1.32. The van der Waals surface area contributed by atoms with Crippen LogP contribution in [0.1, 0.15) is 31.2 Å². The number of benzene rings is 1. The topological polar surface area (TPSA) is 45.2 Å². The molecule has 5 rings (SSSR count). The van der Waals surface area contributed by atoms with Gasteiger partial charge in [-0.2, -0.15) is 0 Å². The zero-order valence-electron chi connectivity index (χ0n) is 15.7. The maximum atomic E-state index is 4.75. The molecule has 2 atom stereocenters. The summed E-state index contributed by atoms with van der Waals surface area (Å²) < 4.78 is 0. The number of anilines is 1. The standard InChI is InChI=1S/C22H25N5/c1-26(21-10-9-20-22(25-21)24-12-11-23-20)19-13-17-7-8-18(14-19)27(17)15-16-5-3-2-4-6-16/h2-6,9-12,17-19H,7-8,13-15H2,1H3. The van der Waals surface area contributed by atoms with Crippen molar-refractivity contribution in [1.82, 2.24) is 19.9 Å². The quantitative estimate of drug-likeness (QED) is 0.711. The monoisotopic (exact) mass is 359 g/mol. The molecule has 5 nitrogen and oxygen atoms in total. The first-order valence-corrected chi connectivity index (χ1v) is 9.88. The zero-order chi connectivity index (χ0) is 18.2. The summed E-state index contributed by atoms with van der Waals surface area (Å²) in [6.45, 7) is 1.08. The van der Waals surface area contributed by atoms with Crippen molar-refractivity contribution >= 4 is 17.0 Å². The molecular formula is C22H25N5. The number of hydrogen-bond donors (Lipinski definition) is 0. The molecule has 138 valence electrons. The van der Waals surface area contributed by atoms with Crippen LogP contribution in [0.4, 0.5) is 5.82 Å². The minimum atomic E-state index is 0.538. The first kappa shape index (κ1) is 16.6. The van der Waals surface area contributed by atoms with E-state index < -0.39 is 0 Å². The molecule has 1 aromatic carbocycles. The Morgan fingerprint density at radius 2 is 1.70 bits per heavy atom. The summed E-state index contributed by atoms with van der Waals surface area (Å²) in [5.74, 6) is 1.00. The lowest BCUT2D eigenvalue weighted by molar-refractivity contribution is 0.118.